The molecule has 4 rings (SSSR count). The van der Waals surface area contributed by atoms with Crippen LogP contribution < -0.4 is 0 Å². The van der Waals surface area contributed by atoms with Gasteiger partial charge in [0.05, 0.1) is 11.3 Å². The van der Waals surface area contributed by atoms with Gasteiger partial charge < -0.3 is 4.98 Å². The Morgan fingerprint density at radius 1 is 0.833 bits per heavy atom. The van der Waals surface area contributed by atoms with Crippen LogP contribution in [0.1, 0.15) is 21.5 Å². The number of hydrogen-bond acceptors (Lipinski definition) is 1. The Kier molecular flexibility index (Phi) is 3.51. The van der Waals surface area contributed by atoms with Crippen molar-refractivity contribution in [2.45, 2.75) is 6.92 Å². The van der Waals surface area contributed by atoms with E-state index in [-0.39, 0.29) is 5.78 Å². The number of benzene rings is 3. The Labute approximate surface area is 140 Å². The summed E-state index contributed by atoms with van der Waals surface area (Å²) in [6.45, 7) is 2.05. The Morgan fingerprint density at radius 3 is 2.21 bits per heavy atom. The van der Waals surface area contributed by atoms with Crippen LogP contribution in [0.4, 0.5) is 0 Å². The highest BCUT2D eigenvalue weighted by atomic mass is 16.1. The highest BCUT2D eigenvalue weighted by Crippen LogP contribution is 2.32. The van der Waals surface area contributed by atoms with Gasteiger partial charge in [0.2, 0.25) is 0 Å². The zero-order valence-electron chi connectivity index (χ0n) is 13.4. The van der Waals surface area contributed by atoms with E-state index < -0.39 is 0 Å². The molecule has 1 heterocycles. The summed E-state index contributed by atoms with van der Waals surface area (Å²) < 4.78 is 0. The van der Waals surface area contributed by atoms with Crippen molar-refractivity contribution in [2.75, 3.05) is 0 Å². The number of aryl methyl sites for hydroxylation is 1. The number of rotatable bonds is 3. The molecule has 0 radical (unpaired) electrons. The fourth-order valence-electron chi connectivity index (χ4n) is 3.10. The predicted octanol–water partition coefficient (Wildman–Crippen LogP) is 5.37. The van der Waals surface area contributed by atoms with Crippen molar-refractivity contribution in [3.8, 4) is 11.3 Å². The quantitative estimate of drug-likeness (QED) is 0.507. The molecule has 1 aromatic heterocycles. The van der Waals surface area contributed by atoms with Crippen LogP contribution in [0, 0.1) is 6.92 Å². The molecule has 24 heavy (non-hydrogen) atoms. The maximum Gasteiger partial charge on any atom is 0.195 e. The van der Waals surface area contributed by atoms with Gasteiger partial charge in [0, 0.05) is 16.5 Å². The van der Waals surface area contributed by atoms with Crippen LogP contribution in [-0.4, -0.2) is 10.8 Å². The maximum atomic E-state index is 13.2. The average molecular weight is 311 g/mol. The molecular formula is C22H17NO. The number of H-pyrrole nitrogens is 1. The standard InChI is InChI=1S/C22H17NO/c1-15-12-13-19-18(14-15)20(22(24)17-10-6-3-7-11-17)21(23-19)16-8-4-2-5-9-16/h2-14,23H,1H3. The van der Waals surface area contributed by atoms with Gasteiger partial charge in [-0.05, 0) is 24.6 Å². The predicted molar refractivity (Wildman–Crippen MR) is 98.3 cm³/mol. The molecule has 0 spiro atoms. The number of ketones is 1. The highest BCUT2D eigenvalue weighted by Gasteiger charge is 2.20. The summed E-state index contributed by atoms with van der Waals surface area (Å²) in [5.41, 5.74) is 5.47. The Balaban J connectivity index is 2.01. The average Bonchev–Trinajstić information content (AvgIpc) is 3.01. The molecule has 3 aromatic carbocycles. The Morgan fingerprint density at radius 2 is 1.50 bits per heavy atom. The summed E-state index contributed by atoms with van der Waals surface area (Å²) in [7, 11) is 0. The minimum atomic E-state index is 0.0475. The maximum absolute atomic E-state index is 13.2. The van der Waals surface area contributed by atoms with Crippen LogP contribution in [0.25, 0.3) is 22.2 Å². The Bertz CT molecular complexity index is 1010. The number of hydrogen-bond donors (Lipinski definition) is 1. The molecule has 0 aliphatic heterocycles. The van der Waals surface area contributed by atoms with Crippen molar-refractivity contribution in [2.24, 2.45) is 0 Å². The van der Waals surface area contributed by atoms with Crippen molar-refractivity contribution in [1.29, 1.82) is 0 Å². The SMILES string of the molecule is Cc1ccc2[nH]c(-c3ccccc3)c(C(=O)c3ccccc3)c2c1. The van der Waals surface area contributed by atoms with E-state index in [0.717, 1.165) is 33.3 Å². The van der Waals surface area contributed by atoms with Crippen molar-refractivity contribution in [3.05, 3.63) is 95.6 Å². The lowest BCUT2D eigenvalue weighted by molar-refractivity contribution is 0.104. The number of carbonyl (C=O) groups excluding carboxylic acids is 1. The summed E-state index contributed by atoms with van der Waals surface area (Å²) in [5, 5.41) is 0.975. The lowest BCUT2D eigenvalue weighted by atomic mass is 9.97. The highest BCUT2D eigenvalue weighted by molar-refractivity contribution is 6.20. The molecule has 0 atom stereocenters. The first-order valence-corrected chi connectivity index (χ1v) is 8.01. The third kappa shape index (κ3) is 2.42. The fourth-order valence-corrected chi connectivity index (χ4v) is 3.10. The van der Waals surface area contributed by atoms with Crippen LogP contribution >= 0.6 is 0 Å². The van der Waals surface area contributed by atoms with Gasteiger partial charge in [-0.25, -0.2) is 0 Å². The van der Waals surface area contributed by atoms with Gasteiger partial charge in [-0.3, -0.25) is 4.79 Å². The van der Waals surface area contributed by atoms with Crippen molar-refractivity contribution in [1.82, 2.24) is 4.98 Å². The number of nitrogens with one attached hydrogen (secondary N) is 1. The van der Waals surface area contributed by atoms with E-state index in [1.807, 2.05) is 73.7 Å². The second-order valence-electron chi connectivity index (χ2n) is 5.99. The van der Waals surface area contributed by atoms with Crippen molar-refractivity contribution < 1.29 is 4.79 Å². The van der Waals surface area contributed by atoms with Gasteiger partial charge in [-0.15, -0.1) is 0 Å². The van der Waals surface area contributed by atoms with Gasteiger partial charge in [-0.2, -0.15) is 0 Å². The molecule has 0 fully saturated rings. The molecule has 116 valence electrons. The lowest BCUT2D eigenvalue weighted by Crippen LogP contribution is -2.02. The molecule has 2 nitrogen and oxygen atoms in total. The zero-order valence-corrected chi connectivity index (χ0v) is 13.4. The third-order valence-electron chi connectivity index (χ3n) is 4.28. The molecular weight excluding hydrogens is 294 g/mol. The number of fused-ring (bicyclic) bond motifs is 1. The summed E-state index contributed by atoms with van der Waals surface area (Å²) in [6.07, 6.45) is 0. The minimum Gasteiger partial charge on any atom is -0.354 e. The summed E-state index contributed by atoms with van der Waals surface area (Å²) in [5.74, 6) is 0.0475. The van der Waals surface area contributed by atoms with Gasteiger partial charge in [-0.1, -0.05) is 72.3 Å². The van der Waals surface area contributed by atoms with Crippen LogP contribution in [0.15, 0.2) is 78.9 Å². The third-order valence-corrected chi connectivity index (χ3v) is 4.28. The zero-order chi connectivity index (χ0) is 16.5. The number of carbonyl (C=O) groups is 1. The van der Waals surface area contributed by atoms with Gasteiger partial charge >= 0.3 is 0 Å². The topological polar surface area (TPSA) is 32.9 Å². The lowest BCUT2D eigenvalue weighted by Gasteiger charge is -2.05. The molecule has 0 aliphatic rings. The normalized spacial score (nSPS) is 10.9. The van der Waals surface area contributed by atoms with Crippen molar-refractivity contribution >= 4 is 16.7 Å². The summed E-state index contributed by atoms with van der Waals surface area (Å²) >= 11 is 0. The molecule has 2 heteroatoms. The number of aromatic amines is 1. The largest absolute Gasteiger partial charge is 0.354 e. The first-order chi connectivity index (χ1) is 11.7. The molecule has 0 unspecified atom stereocenters. The van der Waals surface area contributed by atoms with Gasteiger partial charge in [0.15, 0.2) is 5.78 Å². The van der Waals surface area contributed by atoms with Gasteiger partial charge in [0.25, 0.3) is 0 Å². The molecule has 0 aliphatic carbocycles. The summed E-state index contributed by atoms with van der Waals surface area (Å²) in [6, 6.07) is 25.6. The molecule has 0 bridgehead atoms. The molecule has 0 saturated heterocycles. The van der Waals surface area contributed by atoms with Crippen LogP contribution in [0.5, 0.6) is 0 Å². The van der Waals surface area contributed by atoms with Gasteiger partial charge in [0.1, 0.15) is 0 Å². The molecule has 4 aromatic rings. The second kappa shape index (κ2) is 5.82. The number of aromatic nitrogens is 1. The first kappa shape index (κ1) is 14.5. The van der Waals surface area contributed by atoms with Crippen LogP contribution in [0.2, 0.25) is 0 Å². The van der Waals surface area contributed by atoms with E-state index in [9.17, 15) is 4.79 Å². The first-order valence-electron chi connectivity index (χ1n) is 8.01. The van der Waals surface area contributed by atoms with E-state index >= 15 is 0 Å². The minimum absolute atomic E-state index is 0.0475. The molecule has 0 saturated carbocycles. The summed E-state index contributed by atoms with van der Waals surface area (Å²) in [4.78, 5) is 16.6. The monoisotopic (exact) mass is 311 g/mol. The van der Waals surface area contributed by atoms with E-state index in [1.54, 1.807) is 0 Å². The smallest absolute Gasteiger partial charge is 0.195 e. The second-order valence-corrected chi connectivity index (χ2v) is 5.99. The van der Waals surface area contributed by atoms with E-state index in [1.165, 1.54) is 0 Å². The van der Waals surface area contributed by atoms with Crippen LogP contribution in [-0.2, 0) is 0 Å². The van der Waals surface area contributed by atoms with E-state index in [0.29, 0.717) is 5.56 Å². The molecule has 1 N–H and O–H groups in total. The molecule has 0 amide bonds. The van der Waals surface area contributed by atoms with E-state index in [2.05, 4.69) is 17.1 Å². The fraction of sp³-hybridized carbons (Fsp3) is 0.0455. The van der Waals surface area contributed by atoms with E-state index in [4.69, 9.17) is 0 Å². The van der Waals surface area contributed by atoms with Crippen molar-refractivity contribution in [3.63, 3.8) is 0 Å². The Hall–Kier alpha value is -3.13. The van der Waals surface area contributed by atoms with Crippen LogP contribution in [0.3, 0.4) is 0 Å².